The third-order valence-electron chi connectivity index (χ3n) is 2.48. The molecule has 0 amide bonds. The molecular formula is C10H10BrFS. The fraction of sp³-hybridized carbons (Fsp3) is 0.400. The minimum atomic E-state index is -0.0547. The van der Waals surface area contributed by atoms with Crippen LogP contribution in [0.2, 0.25) is 0 Å². The van der Waals surface area contributed by atoms with Gasteiger partial charge in [0.15, 0.2) is 0 Å². The Morgan fingerprint density at radius 1 is 1.54 bits per heavy atom. The fourth-order valence-electron chi connectivity index (χ4n) is 1.85. The molecule has 0 nitrogen and oxygen atoms in total. The van der Waals surface area contributed by atoms with Crippen LogP contribution in [0.3, 0.4) is 0 Å². The van der Waals surface area contributed by atoms with Gasteiger partial charge in [-0.05, 0) is 42.4 Å². The molecule has 3 heteroatoms. The van der Waals surface area contributed by atoms with Gasteiger partial charge in [0.05, 0.1) is 0 Å². The second kappa shape index (κ2) is 3.62. The predicted octanol–water partition coefficient (Wildman–Crippen LogP) is 3.94. The number of benzene rings is 1. The number of thioether (sulfide) groups is 1. The van der Waals surface area contributed by atoms with Crippen molar-refractivity contribution in [3.8, 4) is 0 Å². The summed E-state index contributed by atoms with van der Waals surface area (Å²) in [6, 6.07) is 3.61. The van der Waals surface area contributed by atoms with Crippen LogP contribution in [0, 0.1) is 5.82 Å². The first-order valence-electron chi connectivity index (χ1n) is 4.23. The van der Waals surface area contributed by atoms with Crippen LogP contribution in [0.25, 0.3) is 0 Å². The summed E-state index contributed by atoms with van der Waals surface area (Å²) in [7, 11) is 0. The maximum absolute atomic E-state index is 13.4. The van der Waals surface area contributed by atoms with Crippen molar-refractivity contribution in [3.63, 3.8) is 0 Å². The molecule has 1 aromatic carbocycles. The summed E-state index contributed by atoms with van der Waals surface area (Å²) in [5.41, 5.74) is 2.10. The molecule has 0 spiro atoms. The van der Waals surface area contributed by atoms with E-state index in [9.17, 15) is 4.39 Å². The molecule has 13 heavy (non-hydrogen) atoms. The highest BCUT2D eigenvalue weighted by atomic mass is 79.9. The van der Waals surface area contributed by atoms with E-state index in [0.717, 1.165) is 22.9 Å². The van der Waals surface area contributed by atoms with Crippen molar-refractivity contribution >= 4 is 27.7 Å². The number of hydrogen-bond acceptors (Lipinski definition) is 1. The van der Waals surface area contributed by atoms with Crippen molar-refractivity contribution in [2.45, 2.75) is 18.1 Å². The zero-order valence-electron chi connectivity index (χ0n) is 7.31. The Hall–Kier alpha value is -0.0200. The van der Waals surface area contributed by atoms with Gasteiger partial charge < -0.3 is 0 Å². The summed E-state index contributed by atoms with van der Waals surface area (Å²) in [6.07, 6.45) is 4.04. The SMILES string of the molecule is CSC1CCc2c(F)cc(Br)cc21. The summed E-state index contributed by atoms with van der Waals surface area (Å²) in [5.74, 6) is -0.0547. The minimum absolute atomic E-state index is 0.0547. The smallest absolute Gasteiger partial charge is 0.127 e. The van der Waals surface area contributed by atoms with E-state index in [0.29, 0.717) is 5.25 Å². The van der Waals surface area contributed by atoms with Crippen LogP contribution in [0.15, 0.2) is 16.6 Å². The average molecular weight is 261 g/mol. The van der Waals surface area contributed by atoms with Gasteiger partial charge in [-0.3, -0.25) is 0 Å². The first-order valence-corrected chi connectivity index (χ1v) is 6.31. The molecular weight excluding hydrogens is 251 g/mol. The van der Waals surface area contributed by atoms with Crippen LogP contribution in [-0.4, -0.2) is 6.26 Å². The lowest BCUT2D eigenvalue weighted by Gasteiger charge is -2.08. The van der Waals surface area contributed by atoms with Crippen LogP contribution < -0.4 is 0 Å². The molecule has 0 heterocycles. The lowest BCUT2D eigenvalue weighted by Crippen LogP contribution is -1.90. The average Bonchev–Trinajstić information content (AvgIpc) is 2.47. The molecule has 0 radical (unpaired) electrons. The van der Waals surface area contributed by atoms with E-state index in [-0.39, 0.29) is 5.82 Å². The van der Waals surface area contributed by atoms with E-state index < -0.39 is 0 Å². The summed E-state index contributed by atoms with van der Waals surface area (Å²) in [5, 5.41) is 0.488. The van der Waals surface area contributed by atoms with Gasteiger partial charge in [0, 0.05) is 9.72 Å². The monoisotopic (exact) mass is 260 g/mol. The van der Waals surface area contributed by atoms with E-state index in [4.69, 9.17) is 0 Å². The predicted molar refractivity (Wildman–Crippen MR) is 58.7 cm³/mol. The largest absolute Gasteiger partial charge is 0.207 e. The molecule has 0 saturated carbocycles. The van der Waals surface area contributed by atoms with Crippen molar-refractivity contribution in [2.75, 3.05) is 6.26 Å². The summed E-state index contributed by atoms with van der Waals surface area (Å²) >= 11 is 5.13. The Balaban J connectivity index is 2.51. The van der Waals surface area contributed by atoms with Crippen LogP contribution in [-0.2, 0) is 6.42 Å². The zero-order valence-corrected chi connectivity index (χ0v) is 9.71. The van der Waals surface area contributed by atoms with Crippen molar-refractivity contribution in [1.82, 2.24) is 0 Å². The van der Waals surface area contributed by atoms with Gasteiger partial charge in [-0.2, -0.15) is 11.8 Å². The highest BCUT2D eigenvalue weighted by Gasteiger charge is 2.24. The zero-order chi connectivity index (χ0) is 9.42. The molecule has 1 unspecified atom stereocenters. The second-order valence-corrected chi connectivity index (χ2v) is 5.17. The summed E-state index contributed by atoms with van der Waals surface area (Å²) in [4.78, 5) is 0. The fourth-order valence-corrected chi connectivity index (χ4v) is 3.12. The summed E-state index contributed by atoms with van der Waals surface area (Å²) < 4.78 is 14.3. The Kier molecular flexibility index (Phi) is 2.65. The molecule has 0 saturated heterocycles. The first kappa shape index (κ1) is 9.53. The molecule has 1 atom stereocenters. The molecule has 0 N–H and O–H groups in total. The highest BCUT2D eigenvalue weighted by Crippen LogP contribution is 2.42. The quantitative estimate of drug-likeness (QED) is 0.737. The van der Waals surface area contributed by atoms with E-state index in [1.54, 1.807) is 17.8 Å². The number of fused-ring (bicyclic) bond motifs is 1. The Labute approximate surface area is 90.0 Å². The number of halogens is 2. The summed E-state index contributed by atoms with van der Waals surface area (Å²) in [6.45, 7) is 0. The van der Waals surface area contributed by atoms with Gasteiger partial charge in [0.1, 0.15) is 5.82 Å². The highest BCUT2D eigenvalue weighted by molar-refractivity contribution is 9.10. The van der Waals surface area contributed by atoms with Gasteiger partial charge >= 0.3 is 0 Å². The lowest BCUT2D eigenvalue weighted by atomic mass is 10.1. The molecule has 1 aliphatic rings. The van der Waals surface area contributed by atoms with E-state index >= 15 is 0 Å². The van der Waals surface area contributed by atoms with Gasteiger partial charge in [-0.25, -0.2) is 4.39 Å². The second-order valence-electron chi connectivity index (χ2n) is 3.22. The molecule has 1 aromatic rings. The van der Waals surface area contributed by atoms with Crippen molar-refractivity contribution in [2.24, 2.45) is 0 Å². The van der Waals surface area contributed by atoms with Gasteiger partial charge in [0.25, 0.3) is 0 Å². The molecule has 0 fully saturated rings. The molecule has 0 aliphatic heterocycles. The molecule has 0 aromatic heterocycles. The van der Waals surface area contributed by atoms with Gasteiger partial charge in [0.2, 0.25) is 0 Å². The standard InChI is InChI=1S/C10H10BrFS/c1-13-10-3-2-7-8(10)4-6(11)5-9(7)12/h4-5,10H,2-3H2,1H3. The topological polar surface area (TPSA) is 0 Å². The van der Waals surface area contributed by atoms with Crippen LogP contribution in [0.5, 0.6) is 0 Å². The number of rotatable bonds is 1. The Morgan fingerprint density at radius 2 is 2.31 bits per heavy atom. The molecule has 2 rings (SSSR count). The van der Waals surface area contributed by atoms with Gasteiger partial charge in [-0.15, -0.1) is 0 Å². The van der Waals surface area contributed by atoms with Crippen molar-refractivity contribution in [3.05, 3.63) is 33.5 Å². The molecule has 0 bridgehead atoms. The molecule has 1 aliphatic carbocycles. The van der Waals surface area contributed by atoms with Crippen LogP contribution >= 0.6 is 27.7 Å². The van der Waals surface area contributed by atoms with Crippen molar-refractivity contribution < 1.29 is 4.39 Å². The maximum Gasteiger partial charge on any atom is 0.127 e. The lowest BCUT2D eigenvalue weighted by molar-refractivity contribution is 0.612. The third kappa shape index (κ3) is 1.64. The van der Waals surface area contributed by atoms with E-state index in [1.165, 1.54) is 5.56 Å². The van der Waals surface area contributed by atoms with Gasteiger partial charge in [-0.1, -0.05) is 15.9 Å². The minimum Gasteiger partial charge on any atom is -0.207 e. The third-order valence-corrected chi connectivity index (χ3v) is 4.00. The Morgan fingerprint density at radius 3 is 3.00 bits per heavy atom. The maximum atomic E-state index is 13.4. The van der Waals surface area contributed by atoms with E-state index in [2.05, 4.69) is 22.2 Å². The van der Waals surface area contributed by atoms with Crippen molar-refractivity contribution in [1.29, 1.82) is 0 Å². The number of hydrogen-bond donors (Lipinski definition) is 0. The normalized spacial score (nSPS) is 20.4. The van der Waals surface area contributed by atoms with Crippen LogP contribution in [0.4, 0.5) is 4.39 Å². The van der Waals surface area contributed by atoms with E-state index in [1.807, 2.05) is 6.07 Å². The Bertz CT molecular complexity index is 338. The first-order chi connectivity index (χ1) is 6.22. The molecule has 70 valence electrons. The van der Waals surface area contributed by atoms with Crippen LogP contribution in [0.1, 0.15) is 22.8 Å².